The van der Waals surface area contributed by atoms with Crippen LogP contribution in [0.3, 0.4) is 0 Å². The number of aromatic nitrogens is 6. The van der Waals surface area contributed by atoms with Gasteiger partial charge in [-0.2, -0.15) is 10.1 Å². The molecule has 2 atom stereocenters. The van der Waals surface area contributed by atoms with Gasteiger partial charge in [-0.05, 0) is 37.5 Å². The zero-order valence-electron chi connectivity index (χ0n) is 23.3. The minimum absolute atomic E-state index is 0.0145. The summed E-state index contributed by atoms with van der Waals surface area (Å²) >= 11 is 0. The smallest absolute Gasteiger partial charge is 0.320 e. The van der Waals surface area contributed by atoms with E-state index >= 15 is 0 Å². The Morgan fingerprint density at radius 3 is 2.62 bits per heavy atom. The molecule has 0 aliphatic heterocycles. The molecule has 3 N–H and O–H groups in total. The Labute approximate surface area is 232 Å². The second-order valence-electron chi connectivity index (χ2n) is 11.8. The molecule has 0 radical (unpaired) electrons. The Balaban J connectivity index is 1.24. The number of nitrogens with zero attached hydrogens (tertiary/aromatic N) is 6. The molecule has 2 aliphatic carbocycles. The van der Waals surface area contributed by atoms with E-state index in [1.165, 1.54) is 0 Å². The third kappa shape index (κ3) is 4.91. The van der Waals surface area contributed by atoms with E-state index < -0.39 is 0 Å². The van der Waals surface area contributed by atoms with Crippen LogP contribution in [0, 0.1) is 0 Å². The monoisotopic (exact) mass is 541 g/mol. The van der Waals surface area contributed by atoms with Gasteiger partial charge in [0.1, 0.15) is 11.5 Å². The molecule has 2 unspecified atom stereocenters. The Kier molecular flexibility index (Phi) is 6.52. The maximum atomic E-state index is 13.8. The van der Waals surface area contributed by atoms with Gasteiger partial charge in [0.15, 0.2) is 0 Å². The van der Waals surface area contributed by atoms with Gasteiger partial charge in [-0.1, -0.05) is 33.6 Å². The van der Waals surface area contributed by atoms with Crippen molar-refractivity contribution >= 4 is 28.8 Å². The highest BCUT2D eigenvalue weighted by Crippen LogP contribution is 2.41. The van der Waals surface area contributed by atoms with Gasteiger partial charge in [0.25, 0.3) is 5.56 Å². The van der Waals surface area contributed by atoms with E-state index in [-0.39, 0.29) is 35.0 Å². The van der Waals surface area contributed by atoms with Crippen LogP contribution >= 0.6 is 0 Å². The molecule has 0 saturated heterocycles. The molecule has 208 valence electrons. The first-order chi connectivity index (χ1) is 19.2. The number of anilines is 2. The van der Waals surface area contributed by atoms with Crippen LogP contribution in [0.1, 0.15) is 76.1 Å². The molecule has 6 rings (SSSR count). The summed E-state index contributed by atoms with van der Waals surface area (Å²) in [6.45, 7) is 6.23. The van der Waals surface area contributed by atoms with E-state index in [2.05, 4.69) is 51.7 Å². The van der Waals surface area contributed by atoms with Crippen LogP contribution in [0.4, 0.5) is 16.6 Å². The van der Waals surface area contributed by atoms with Gasteiger partial charge in [-0.15, -0.1) is 0 Å². The normalized spacial score (nSPS) is 19.1. The summed E-state index contributed by atoms with van der Waals surface area (Å²) in [4.78, 5) is 40.2. The van der Waals surface area contributed by atoms with E-state index in [1.54, 1.807) is 30.3 Å². The standard InChI is InChI=1S/C29H35N9O2/c1-29(2,3)23-14-24(38(36-23)19-10-7-11-31-16-19)34-28(40)33-22-13-20(22)21-12-17-15-32-27(30-4)35-25(17)37(26(21)39)18-8-5-6-9-18/h7,10-12,14-16,18,20,22H,5-6,8-9,13H2,1-4H3,(H,30,32,35)(H2,33,34,40). The van der Waals surface area contributed by atoms with Gasteiger partial charge < -0.3 is 10.6 Å². The molecule has 40 heavy (non-hydrogen) atoms. The van der Waals surface area contributed by atoms with Gasteiger partial charge in [0.2, 0.25) is 5.95 Å². The van der Waals surface area contributed by atoms with Crippen LogP contribution in [0.15, 0.2) is 47.7 Å². The molecule has 2 amide bonds. The highest BCUT2D eigenvalue weighted by Gasteiger charge is 2.42. The summed E-state index contributed by atoms with van der Waals surface area (Å²) in [5.74, 6) is 0.987. The fraction of sp³-hybridized carbons (Fsp3) is 0.448. The molecule has 0 bridgehead atoms. The topological polar surface area (TPSA) is 132 Å². The Bertz CT molecular complexity index is 1610. The zero-order valence-corrected chi connectivity index (χ0v) is 23.3. The van der Waals surface area contributed by atoms with E-state index in [4.69, 9.17) is 5.10 Å². The van der Waals surface area contributed by atoms with Crippen molar-refractivity contribution in [3.63, 3.8) is 0 Å². The summed E-state index contributed by atoms with van der Waals surface area (Å²) in [6.07, 6.45) is 10.0. The van der Waals surface area contributed by atoms with Crippen LogP contribution in [-0.2, 0) is 5.41 Å². The van der Waals surface area contributed by atoms with Crippen molar-refractivity contribution in [3.8, 4) is 5.69 Å². The van der Waals surface area contributed by atoms with E-state index in [0.717, 1.165) is 42.5 Å². The third-order valence-electron chi connectivity index (χ3n) is 7.83. The maximum absolute atomic E-state index is 13.8. The predicted molar refractivity (Wildman–Crippen MR) is 154 cm³/mol. The maximum Gasteiger partial charge on any atom is 0.320 e. The van der Waals surface area contributed by atoms with Crippen molar-refractivity contribution in [3.05, 3.63) is 64.5 Å². The van der Waals surface area contributed by atoms with Crippen molar-refractivity contribution in [1.29, 1.82) is 0 Å². The molecule has 4 aromatic heterocycles. The van der Waals surface area contributed by atoms with Crippen LogP contribution in [0.5, 0.6) is 0 Å². The number of pyridine rings is 2. The predicted octanol–water partition coefficient (Wildman–Crippen LogP) is 4.50. The SMILES string of the molecule is CNc1ncc2cc(C3CC3NC(=O)Nc3cc(C(C)(C)C)nn3-c3cccnc3)c(=O)n(C3CCCC3)c2n1. The Morgan fingerprint density at radius 1 is 1.12 bits per heavy atom. The number of fused-ring (bicyclic) bond motifs is 1. The zero-order chi connectivity index (χ0) is 28.0. The molecule has 11 heteroatoms. The van der Waals surface area contributed by atoms with Crippen LogP contribution in [0.25, 0.3) is 16.7 Å². The quantitative estimate of drug-likeness (QED) is 0.327. The Hall–Kier alpha value is -4.28. The number of urea groups is 1. The molecule has 0 spiro atoms. The van der Waals surface area contributed by atoms with Crippen molar-refractivity contribution in [2.75, 3.05) is 17.7 Å². The summed E-state index contributed by atoms with van der Waals surface area (Å²) in [5, 5.41) is 14.6. The minimum atomic E-state index is -0.336. The number of nitrogens with one attached hydrogen (secondary N) is 3. The molecule has 2 saturated carbocycles. The lowest BCUT2D eigenvalue weighted by molar-refractivity contribution is 0.251. The summed E-state index contributed by atoms with van der Waals surface area (Å²) in [6, 6.07) is 7.17. The molecule has 11 nitrogen and oxygen atoms in total. The largest absolute Gasteiger partial charge is 0.357 e. The van der Waals surface area contributed by atoms with E-state index in [9.17, 15) is 9.59 Å². The molecule has 4 heterocycles. The molecular formula is C29H35N9O2. The number of amides is 2. The fourth-order valence-electron chi connectivity index (χ4n) is 5.56. The number of rotatable bonds is 6. The van der Waals surface area contributed by atoms with Gasteiger partial charge in [-0.25, -0.2) is 14.5 Å². The van der Waals surface area contributed by atoms with Gasteiger partial charge in [0.05, 0.1) is 17.6 Å². The lowest BCUT2D eigenvalue weighted by atomic mass is 9.92. The summed E-state index contributed by atoms with van der Waals surface area (Å²) in [5.41, 5.74) is 2.77. The van der Waals surface area contributed by atoms with Crippen molar-refractivity contribution in [2.45, 2.75) is 76.3 Å². The Morgan fingerprint density at radius 2 is 1.93 bits per heavy atom. The number of hydrogen-bond acceptors (Lipinski definition) is 7. The molecule has 2 aliphatic rings. The van der Waals surface area contributed by atoms with Crippen molar-refractivity contribution in [2.24, 2.45) is 0 Å². The minimum Gasteiger partial charge on any atom is -0.357 e. The first-order valence-electron chi connectivity index (χ1n) is 13.9. The average Bonchev–Trinajstić information content (AvgIpc) is 3.28. The number of carbonyl (C=O) groups excluding carboxylic acids is 1. The lowest BCUT2D eigenvalue weighted by Crippen LogP contribution is -2.33. The van der Waals surface area contributed by atoms with Gasteiger partial charge >= 0.3 is 6.03 Å². The first-order valence-corrected chi connectivity index (χ1v) is 13.9. The summed E-state index contributed by atoms with van der Waals surface area (Å²) in [7, 11) is 1.77. The second-order valence-corrected chi connectivity index (χ2v) is 11.8. The third-order valence-corrected chi connectivity index (χ3v) is 7.83. The van der Waals surface area contributed by atoms with Crippen LogP contribution in [0.2, 0.25) is 0 Å². The van der Waals surface area contributed by atoms with Gasteiger partial charge in [-0.3, -0.25) is 19.7 Å². The summed E-state index contributed by atoms with van der Waals surface area (Å²) < 4.78 is 3.57. The highest BCUT2D eigenvalue weighted by atomic mass is 16.2. The molecular weight excluding hydrogens is 506 g/mol. The van der Waals surface area contributed by atoms with E-state index in [1.807, 2.05) is 28.8 Å². The van der Waals surface area contributed by atoms with Crippen LogP contribution < -0.4 is 21.5 Å². The number of carbonyl (C=O) groups is 1. The average molecular weight is 542 g/mol. The molecule has 4 aromatic rings. The second kappa shape index (κ2) is 10.0. The fourth-order valence-corrected chi connectivity index (χ4v) is 5.56. The first kappa shape index (κ1) is 26.0. The molecule has 0 aromatic carbocycles. The van der Waals surface area contributed by atoms with Crippen LogP contribution in [-0.4, -0.2) is 48.4 Å². The number of hydrogen-bond donors (Lipinski definition) is 3. The van der Waals surface area contributed by atoms with Gasteiger partial charge in [0, 0.05) is 59.9 Å². The van der Waals surface area contributed by atoms with E-state index in [0.29, 0.717) is 29.4 Å². The lowest BCUT2D eigenvalue weighted by Gasteiger charge is -2.18. The highest BCUT2D eigenvalue weighted by molar-refractivity contribution is 5.89. The molecule has 2 fully saturated rings. The van der Waals surface area contributed by atoms with Crippen molar-refractivity contribution < 1.29 is 4.79 Å². The van der Waals surface area contributed by atoms with Crippen molar-refractivity contribution in [1.82, 2.24) is 34.6 Å².